The minimum atomic E-state index is -3.45. The monoisotopic (exact) mass is 286 g/mol. The molecule has 0 aromatic carbocycles. The smallest absolute Gasteiger partial charge is 0.260 e. The summed E-state index contributed by atoms with van der Waals surface area (Å²) in [5, 5.41) is 4.19. The van der Waals surface area contributed by atoms with Crippen molar-refractivity contribution in [2.45, 2.75) is 36.9 Å². The van der Waals surface area contributed by atoms with Crippen molar-refractivity contribution in [1.29, 1.82) is 0 Å². The Morgan fingerprint density at radius 3 is 2.63 bits per heavy atom. The standard InChI is InChI=1S/C12H22N4O2S/c1-10-9-11(6-8-14(10)2)16(4)19(17,18)12-5-7-13-15(12)3/h5,7,10-11H,6,8-9H2,1-4H3. The quantitative estimate of drug-likeness (QED) is 0.813. The van der Waals surface area contributed by atoms with Crippen LogP contribution in [-0.4, -0.2) is 60.1 Å². The maximum Gasteiger partial charge on any atom is 0.260 e. The number of nitrogens with zero attached hydrogens (tertiary/aromatic N) is 4. The van der Waals surface area contributed by atoms with E-state index in [1.165, 1.54) is 15.2 Å². The van der Waals surface area contributed by atoms with Crippen LogP contribution in [0.25, 0.3) is 0 Å². The lowest BCUT2D eigenvalue weighted by Crippen LogP contribution is -2.48. The van der Waals surface area contributed by atoms with E-state index in [4.69, 9.17) is 0 Å². The van der Waals surface area contributed by atoms with Crippen molar-refractivity contribution in [1.82, 2.24) is 19.0 Å². The van der Waals surface area contributed by atoms with Crippen molar-refractivity contribution in [2.24, 2.45) is 7.05 Å². The third-order valence-electron chi connectivity index (χ3n) is 4.11. The Kier molecular flexibility index (Phi) is 3.98. The number of hydrogen-bond donors (Lipinski definition) is 0. The summed E-state index contributed by atoms with van der Waals surface area (Å²) in [5.41, 5.74) is 0. The fourth-order valence-corrected chi connectivity index (χ4v) is 4.05. The van der Waals surface area contributed by atoms with Crippen LogP contribution < -0.4 is 0 Å². The maximum absolute atomic E-state index is 12.6. The van der Waals surface area contributed by atoms with Crippen molar-refractivity contribution in [2.75, 3.05) is 20.6 Å². The van der Waals surface area contributed by atoms with Gasteiger partial charge < -0.3 is 4.90 Å². The van der Waals surface area contributed by atoms with E-state index in [0.29, 0.717) is 6.04 Å². The van der Waals surface area contributed by atoms with Gasteiger partial charge in [0.1, 0.15) is 0 Å². The third kappa shape index (κ3) is 2.68. The number of likely N-dealkylation sites (tertiary alicyclic amines) is 1. The summed E-state index contributed by atoms with van der Waals surface area (Å²) in [6.45, 7) is 3.06. The zero-order valence-corrected chi connectivity index (χ0v) is 12.8. The normalized spacial score (nSPS) is 25.9. The molecule has 1 aliphatic heterocycles. The van der Waals surface area contributed by atoms with Crippen LogP contribution in [-0.2, 0) is 17.1 Å². The SMILES string of the molecule is CC1CC(N(C)S(=O)(=O)c2ccnn2C)CCN1C. The number of rotatable bonds is 3. The Labute approximate surface area is 115 Å². The molecule has 0 N–H and O–H groups in total. The molecule has 1 aromatic heterocycles. The molecule has 0 radical (unpaired) electrons. The summed E-state index contributed by atoms with van der Waals surface area (Å²) >= 11 is 0. The highest BCUT2D eigenvalue weighted by atomic mass is 32.2. The Bertz CT molecular complexity index is 540. The summed E-state index contributed by atoms with van der Waals surface area (Å²) in [4.78, 5) is 2.26. The fourth-order valence-electron chi connectivity index (χ4n) is 2.55. The molecule has 0 spiro atoms. The minimum Gasteiger partial charge on any atom is -0.304 e. The Morgan fingerprint density at radius 2 is 2.11 bits per heavy atom. The summed E-state index contributed by atoms with van der Waals surface area (Å²) < 4.78 is 28.0. The molecule has 108 valence electrons. The van der Waals surface area contributed by atoms with Crippen LogP contribution >= 0.6 is 0 Å². The second-order valence-corrected chi connectivity index (χ2v) is 7.27. The topological polar surface area (TPSA) is 58.4 Å². The van der Waals surface area contributed by atoms with E-state index in [0.717, 1.165) is 19.4 Å². The van der Waals surface area contributed by atoms with Crippen LogP contribution in [0, 0.1) is 0 Å². The van der Waals surface area contributed by atoms with Gasteiger partial charge in [0.25, 0.3) is 10.0 Å². The molecule has 1 fully saturated rings. The number of piperidine rings is 1. The van der Waals surface area contributed by atoms with E-state index in [2.05, 4.69) is 24.0 Å². The van der Waals surface area contributed by atoms with Crippen LogP contribution in [0.1, 0.15) is 19.8 Å². The first-order chi connectivity index (χ1) is 8.84. The van der Waals surface area contributed by atoms with E-state index >= 15 is 0 Å². The van der Waals surface area contributed by atoms with E-state index < -0.39 is 10.0 Å². The van der Waals surface area contributed by atoms with Gasteiger partial charge >= 0.3 is 0 Å². The van der Waals surface area contributed by atoms with Gasteiger partial charge in [-0.1, -0.05) is 0 Å². The van der Waals surface area contributed by atoms with E-state index in [1.807, 2.05) is 0 Å². The third-order valence-corrected chi connectivity index (χ3v) is 6.10. The van der Waals surface area contributed by atoms with Crippen LogP contribution in [0.15, 0.2) is 17.3 Å². The molecule has 19 heavy (non-hydrogen) atoms. The number of aryl methyl sites for hydroxylation is 1. The Balaban J connectivity index is 2.20. The van der Waals surface area contributed by atoms with Crippen molar-refractivity contribution in [3.8, 4) is 0 Å². The lowest BCUT2D eigenvalue weighted by molar-refractivity contribution is 0.142. The predicted octanol–water partition coefficient (Wildman–Crippen LogP) is 0.523. The largest absolute Gasteiger partial charge is 0.304 e. The fraction of sp³-hybridized carbons (Fsp3) is 0.750. The molecule has 2 rings (SSSR count). The summed E-state index contributed by atoms with van der Waals surface area (Å²) in [6, 6.07) is 2.01. The first-order valence-corrected chi connectivity index (χ1v) is 7.94. The molecule has 1 saturated heterocycles. The van der Waals surface area contributed by atoms with Crippen LogP contribution in [0.3, 0.4) is 0 Å². The van der Waals surface area contributed by atoms with Gasteiger partial charge in [0, 0.05) is 26.2 Å². The maximum atomic E-state index is 12.6. The molecule has 2 atom stereocenters. The van der Waals surface area contributed by atoms with Gasteiger partial charge in [-0.05, 0) is 39.4 Å². The zero-order valence-electron chi connectivity index (χ0n) is 11.9. The molecule has 0 bridgehead atoms. The van der Waals surface area contributed by atoms with Crippen LogP contribution in [0.4, 0.5) is 0 Å². The van der Waals surface area contributed by atoms with Crippen molar-refractivity contribution in [3.05, 3.63) is 12.3 Å². The molecule has 2 unspecified atom stereocenters. The number of hydrogen-bond acceptors (Lipinski definition) is 4. The van der Waals surface area contributed by atoms with Gasteiger partial charge in [-0.2, -0.15) is 9.40 Å². The average molecular weight is 286 g/mol. The lowest BCUT2D eigenvalue weighted by Gasteiger charge is -2.38. The highest BCUT2D eigenvalue weighted by molar-refractivity contribution is 7.89. The molecular weight excluding hydrogens is 264 g/mol. The summed E-state index contributed by atoms with van der Waals surface area (Å²) in [7, 11) is 1.95. The molecule has 1 aliphatic rings. The molecule has 6 nitrogen and oxygen atoms in total. The van der Waals surface area contributed by atoms with Crippen molar-refractivity contribution in [3.63, 3.8) is 0 Å². The molecule has 7 heteroatoms. The van der Waals surface area contributed by atoms with Gasteiger partial charge in [0.15, 0.2) is 5.03 Å². The molecule has 0 aliphatic carbocycles. The summed E-state index contributed by atoms with van der Waals surface area (Å²) in [6.07, 6.45) is 3.25. The lowest BCUT2D eigenvalue weighted by atomic mass is 9.99. The van der Waals surface area contributed by atoms with Gasteiger partial charge in [0.2, 0.25) is 0 Å². The van der Waals surface area contributed by atoms with Crippen molar-refractivity contribution < 1.29 is 8.42 Å². The first kappa shape index (κ1) is 14.5. The van der Waals surface area contributed by atoms with Crippen LogP contribution in [0.5, 0.6) is 0 Å². The van der Waals surface area contributed by atoms with Gasteiger partial charge in [-0.15, -0.1) is 0 Å². The average Bonchev–Trinajstić information content (AvgIpc) is 2.78. The molecular formula is C12H22N4O2S. The second-order valence-electron chi connectivity index (χ2n) is 5.32. The predicted molar refractivity (Wildman–Crippen MR) is 73.3 cm³/mol. The number of aromatic nitrogens is 2. The zero-order chi connectivity index (χ0) is 14.2. The highest BCUT2D eigenvalue weighted by Gasteiger charge is 2.33. The van der Waals surface area contributed by atoms with Crippen molar-refractivity contribution >= 4 is 10.0 Å². The first-order valence-electron chi connectivity index (χ1n) is 6.50. The molecule has 0 saturated carbocycles. The molecule has 1 aromatic rings. The van der Waals surface area contributed by atoms with Gasteiger partial charge in [-0.3, -0.25) is 4.68 Å². The van der Waals surface area contributed by atoms with Crippen LogP contribution in [0.2, 0.25) is 0 Å². The molecule has 2 heterocycles. The minimum absolute atomic E-state index is 0.0612. The summed E-state index contributed by atoms with van der Waals surface area (Å²) in [5.74, 6) is 0. The van der Waals surface area contributed by atoms with E-state index in [9.17, 15) is 8.42 Å². The van der Waals surface area contributed by atoms with E-state index in [1.54, 1.807) is 20.2 Å². The number of sulfonamides is 1. The van der Waals surface area contributed by atoms with Gasteiger partial charge in [0.05, 0.1) is 6.20 Å². The Hall–Kier alpha value is -0.920. The highest BCUT2D eigenvalue weighted by Crippen LogP contribution is 2.24. The van der Waals surface area contributed by atoms with Gasteiger partial charge in [-0.25, -0.2) is 8.42 Å². The van der Waals surface area contributed by atoms with E-state index in [-0.39, 0.29) is 11.1 Å². The Morgan fingerprint density at radius 1 is 1.42 bits per heavy atom. The second kappa shape index (κ2) is 5.22. The molecule has 0 amide bonds.